The van der Waals surface area contributed by atoms with Crippen molar-refractivity contribution in [2.45, 2.75) is 19.3 Å². The highest BCUT2D eigenvalue weighted by molar-refractivity contribution is 9.10. The molecule has 2 nitrogen and oxygen atoms in total. The predicted octanol–water partition coefficient (Wildman–Crippen LogP) is 3.68. The minimum Gasteiger partial charge on any atom is -0.342 e. The van der Waals surface area contributed by atoms with Crippen molar-refractivity contribution in [3.63, 3.8) is 0 Å². The molecule has 0 unspecified atom stereocenters. The molecule has 0 fully saturated rings. The van der Waals surface area contributed by atoms with Crippen LogP contribution in [0.15, 0.2) is 28.7 Å². The number of hydrogen-bond donors (Lipinski definition) is 1. The maximum Gasteiger partial charge on any atom is 0.313 e. The summed E-state index contributed by atoms with van der Waals surface area (Å²) in [6.07, 6.45) is 0. The fourth-order valence-electron chi connectivity index (χ4n) is 1.30. The first-order valence-electron chi connectivity index (χ1n) is 4.61. The van der Waals surface area contributed by atoms with Crippen molar-refractivity contribution in [2.24, 2.45) is 0 Å². The lowest BCUT2D eigenvalue weighted by atomic mass is 9.85. The molecule has 0 saturated heterocycles. The second-order valence-corrected chi connectivity index (χ2v) is 5.28. The molecule has 0 spiro atoms. The molecule has 0 aliphatic heterocycles. The number of halogens is 2. The van der Waals surface area contributed by atoms with E-state index >= 15 is 0 Å². The van der Waals surface area contributed by atoms with Crippen LogP contribution in [-0.2, 0) is 5.41 Å². The molecule has 1 aromatic carbocycles. The molecule has 1 N–H and O–H groups in total. The van der Waals surface area contributed by atoms with Gasteiger partial charge in [-0.2, -0.15) is 0 Å². The summed E-state index contributed by atoms with van der Waals surface area (Å²) in [6.45, 7) is 4.63. The Morgan fingerprint density at radius 3 is 2.73 bits per heavy atom. The van der Waals surface area contributed by atoms with Crippen molar-refractivity contribution in [3.8, 4) is 0 Å². The molecule has 0 bridgehead atoms. The zero-order chi connectivity index (χ0) is 11.5. The van der Waals surface area contributed by atoms with Crippen LogP contribution < -0.4 is 5.32 Å². The van der Waals surface area contributed by atoms with Gasteiger partial charge in [-0.25, -0.2) is 0 Å². The normalized spacial score (nSPS) is 11.2. The quantitative estimate of drug-likeness (QED) is 0.668. The van der Waals surface area contributed by atoms with E-state index in [1.807, 2.05) is 24.3 Å². The highest BCUT2D eigenvalue weighted by Gasteiger charge is 2.21. The van der Waals surface area contributed by atoms with Crippen LogP contribution in [0.4, 0.5) is 4.79 Å². The smallest absolute Gasteiger partial charge is 0.313 e. The first kappa shape index (κ1) is 12.5. The van der Waals surface area contributed by atoms with Gasteiger partial charge in [-0.3, -0.25) is 4.79 Å². The van der Waals surface area contributed by atoms with Gasteiger partial charge < -0.3 is 5.32 Å². The Hall–Kier alpha value is -0.540. The largest absolute Gasteiger partial charge is 0.342 e. The Morgan fingerprint density at radius 1 is 1.53 bits per heavy atom. The monoisotopic (exact) mass is 289 g/mol. The lowest BCUT2D eigenvalue weighted by Gasteiger charge is -2.25. The van der Waals surface area contributed by atoms with Crippen LogP contribution in [-0.4, -0.2) is 11.9 Å². The van der Waals surface area contributed by atoms with Gasteiger partial charge in [0.2, 0.25) is 0 Å². The molecule has 1 aromatic rings. The standard InChI is InChI=1S/C11H13BrClNO/c1-11(2,7-14-10(13)15)8-4-3-5-9(12)6-8/h3-6H,7H2,1-2H3,(H,14,15). The van der Waals surface area contributed by atoms with E-state index in [2.05, 4.69) is 35.1 Å². The van der Waals surface area contributed by atoms with Crippen LogP contribution in [0, 0.1) is 0 Å². The topological polar surface area (TPSA) is 29.1 Å². The fourth-order valence-corrected chi connectivity index (χ4v) is 1.77. The summed E-state index contributed by atoms with van der Waals surface area (Å²) >= 11 is 8.66. The Labute approximate surface area is 103 Å². The summed E-state index contributed by atoms with van der Waals surface area (Å²) in [6, 6.07) is 8.02. The molecule has 0 radical (unpaired) electrons. The van der Waals surface area contributed by atoms with E-state index in [1.54, 1.807) is 0 Å². The Bertz CT molecular complexity index is 365. The summed E-state index contributed by atoms with van der Waals surface area (Å²) in [4.78, 5) is 10.6. The van der Waals surface area contributed by atoms with Crippen LogP contribution >= 0.6 is 27.5 Å². The van der Waals surface area contributed by atoms with E-state index in [4.69, 9.17) is 11.6 Å². The van der Waals surface area contributed by atoms with E-state index in [-0.39, 0.29) is 5.41 Å². The highest BCUT2D eigenvalue weighted by Crippen LogP contribution is 2.25. The average molecular weight is 291 g/mol. The number of nitrogens with one attached hydrogen (secondary N) is 1. The van der Waals surface area contributed by atoms with E-state index in [1.165, 1.54) is 0 Å². The minimum atomic E-state index is -0.516. The van der Waals surface area contributed by atoms with Gasteiger partial charge in [0, 0.05) is 16.4 Å². The van der Waals surface area contributed by atoms with Crippen LogP contribution in [0.5, 0.6) is 0 Å². The van der Waals surface area contributed by atoms with Gasteiger partial charge >= 0.3 is 5.37 Å². The van der Waals surface area contributed by atoms with Gasteiger partial charge in [0.1, 0.15) is 0 Å². The number of carbonyl (C=O) groups is 1. The minimum absolute atomic E-state index is 0.131. The summed E-state index contributed by atoms with van der Waals surface area (Å²) < 4.78 is 1.03. The molecule has 4 heteroatoms. The molecule has 82 valence electrons. The SMILES string of the molecule is CC(C)(CNC(=O)Cl)c1cccc(Br)c1. The molecular formula is C11H13BrClNO. The first-order chi connectivity index (χ1) is 6.92. The zero-order valence-electron chi connectivity index (χ0n) is 8.68. The van der Waals surface area contributed by atoms with E-state index in [9.17, 15) is 4.79 Å². The van der Waals surface area contributed by atoms with Crippen molar-refractivity contribution < 1.29 is 4.79 Å². The maximum absolute atomic E-state index is 10.6. The number of benzene rings is 1. The number of amides is 1. The molecule has 0 aliphatic rings. The van der Waals surface area contributed by atoms with Crippen molar-refractivity contribution in [1.82, 2.24) is 5.32 Å². The van der Waals surface area contributed by atoms with Crippen molar-refractivity contribution in [2.75, 3.05) is 6.54 Å². The van der Waals surface area contributed by atoms with Gasteiger partial charge in [-0.05, 0) is 29.3 Å². The number of hydrogen-bond acceptors (Lipinski definition) is 1. The number of carbonyl (C=O) groups excluding carboxylic acids is 1. The third kappa shape index (κ3) is 3.84. The molecular weight excluding hydrogens is 277 g/mol. The molecule has 15 heavy (non-hydrogen) atoms. The van der Waals surface area contributed by atoms with Gasteiger partial charge in [0.15, 0.2) is 0 Å². The summed E-state index contributed by atoms with van der Waals surface area (Å²) in [5.41, 5.74) is 1.02. The second kappa shape index (κ2) is 4.99. The zero-order valence-corrected chi connectivity index (χ0v) is 11.0. The molecule has 0 aromatic heterocycles. The molecule has 0 heterocycles. The molecule has 1 amide bonds. The first-order valence-corrected chi connectivity index (χ1v) is 5.78. The van der Waals surface area contributed by atoms with Crippen LogP contribution in [0.1, 0.15) is 19.4 Å². The Kier molecular flexibility index (Phi) is 4.17. The molecule has 0 saturated carbocycles. The van der Waals surface area contributed by atoms with E-state index < -0.39 is 5.37 Å². The average Bonchev–Trinajstić information content (AvgIpc) is 2.15. The molecule has 0 atom stereocenters. The van der Waals surface area contributed by atoms with Gasteiger partial charge in [-0.15, -0.1) is 0 Å². The third-order valence-electron chi connectivity index (χ3n) is 2.28. The Morgan fingerprint density at radius 2 is 2.20 bits per heavy atom. The summed E-state index contributed by atoms with van der Waals surface area (Å²) in [5.74, 6) is 0. The second-order valence-electron chi connectivity index (χ2n) is 4.02. The lowest BCUT2D eigenvalue weighted by molar-refractivity contribution is 0.257. The summed E-state index contributed by atoms with van der Waals surface area (Å²) in [5, 5.41) is 2.10. The van der Waals surface area contributed by atoms with Crippen LogP contribution in [0.3, 0.4) is 0 Å². The Balaban J connectivity index is 2.80. The van der Waals surface area contributed by atoms with E-state index in [0.29, 0.717) is 6.54 Å². The van der Waals surface area contributed by atoms with Crippen LogP contribution in [0.2, 0.25) is 0 Å². The van der Waals surface area contributed by atoms with Crippen molar-refractivity contribution in [1.29, 1.82) is 0 Å². The molecule has 1 rings (SSSR count). The highest BCUT2D eigenvalue weighted by atomic mass is 79.9. The maximum atomic E-state index is 10.6. The van der Waals surface area contributed by atoms with Crippen molar-refractivity contribution >= 4 is 32.9 Å². The number of rotatable bonds is 3. The van der Waals surface area contributed by atoms with Gasteiger partial charge in [0.05, 0.1) is 0 Å². The lowest BCUT2D eigenvalue weighted by Crippen LogP contribution is -2.34. The van der Waals surface area contributed by atoms with Gasteiger partial charge in [-0.1, -0.05) is 41.9 Å². The van der Waals surface area contributed by atoms with E-state index in [0.717, 1.165) is 10.0 Å². The fraction of sp³-hybridized carbons (Fsp3) is 0.364. The predicted molar refractivity (Wildman–Crippen MR) is 66.4 cm³/mol. The summed E-state index contributed by atoms with van der Waals surface area (Å²) in [7, 11) is 0. The van der Waals surface area contributed by atoms with Crippen molar-refractivity contribution in [3.05, 3.63) is 34.3 Å². The van der Waals surface area contributed by atoms with Crippen LogP contribution in [0.25, 0.3) is 0 Å². The molecule has 0 aliphatic carbocycles. The third-order valence-corrected chi connectivity index (χ3v) is 2.90. The van der Waals surface area contributed by atoms with Gasteiger partial charge in [0.25, 0.3) is 0 Å².